The fraction of sp³-hybridized carbons (Fsp3) is 0.269. The Balaban J connectivity index is 1.43. The zero-order chi connectivity index (χ0) is 24.6. The lowest BCUT2D eigenvalue weighted by atomic mass is 10.0. The molecule has 0 spiro atoms. The van der Waals surface area contributed by atoms with E-state index in [-0.39, 0.29) is 5.91 Å². The summed E-state index contributed by atoms with van der Waals surface area (Å²) in [5.74, 6) is 0.741. The average molecular weight is 485 g/mol. The van der Waals surface area contributed by atoms with E-state index in [0.717, 1.165) is 42.8 Å². The Hall–Kier alpha value is -4.34. The summed E-state index contributed by atoms with van der Waals surface area (Å²) in [5.41, 5.74) is 3.97. The SMILES string of the molecule is CCC(=O)Nc1cncc(-c2ccc3[nH]nc(-c4nc5c(N6CCCCC6)nccc5[nH]4)c3c2F)c1. The number of pyridine rings is 2. The third kappa shape index (κ3) is 3.84. The van der Waals surface area contributed by atoms with Crippen LogP contribution in [0.15, 0.2) is 42.9 Å². The minimum atomic E-state index is -0.438. The van der Waals surface area contributed by atoms with Gasteiger partial charge in [0.05, 0.1) is 28.3 Å². The van der Waals surface area contributed by atoms with Gasteiger partial charge in [0.1, 0.15) is 17.0 Å². The number of rotatable bonds is 5. The number of halogens is 1. The number of carbonyl (C=O) groups is 1. The predicted molar refractivity (Wildman–Crippen MR) is 137 cm³/mol. The standard InChI is InChI=1S/C26H25FN8O/c1-2-20(36)30-16-12-15(13-28-14-16)17-6-7-18-21(22(17)27)24(34-33-18)25-31-19-8-9-29-26(23(19)32-25)35-10-4-3-5-11-35/h6-9,12-14H,2-5,10-11H2,1H3,(H,30,36)(H,31,32)(H,33,34). The highest BCUT2D eigenvalue weighted by Gasteiger charge is 2.22. The Labute approximate surface area is 206 Å². The Morgan fingerprint density at radius 3 is 2.83 bits per heavy atom. The van der Waals surface area contributed by atoms with Crippen LogP contribution >= 0.6 is 0 Å². The molecule has 4 aromatic heterocycles. The van der Waals surface area contributed by atoms with Crippen molar-refractivity contribution in [2.75, 3.05) is 23.3 Å². The van der Waals surface area contributed by atoms with Crippen LogP contribution in [-0.2, 0) is 4.79 Å². The normalized spacial score (nSPS) is 14.0. The molecule has 0 radical (unpaired) electrons. The first-order valence-corrected chi connectivity index (χ1v) is 12.1. The predicted octanol–water partition coefficient (Wildman–Crippen LogP) is 5.04. The van der Waals surface area contributed by atoms with E-state index in [1.54, 1.807) is 43.7 Å². The van der Waals surface area contributed by atoms with Crippen molar-refractivity contribution in [2.45, 2.75) is 32.6 Å². The molecule has 36 heavy (non-hydrogen) atoms. The molecule has 182 valence electrons. The fourth-order valence-corrected chi connectivity index (χ4v) is 4.74. The van der Waals surface area contributed by atoms with Crippen molar-refractivity contribution in [1.29, 1.82) is 0 Å². The van der Waals surface area contributed by atoms with Crippen LogP contribution in [0.25, 0.3) is 44.6 Å². The van der Waals surface area contributed by atoms with E-state index in [4.69, 9.17) is 4.98 Å². The van der Waals surface area contributed by atoms with Gasteiger partial charge in [0.25, 0.3) is 0 Å². The summed E-state index contributed by atoms with van der Waals surface area (Å²) in [4.78, 5) is 31.0. The summed E-state index contributed by atoms with van der Waals surface area (Å²) in [5, 5.41) is 10.4. The number of fused-ring (bicyclic) bond motifs is 2. The molecule has 0 unspecified atom stereocenters. The van der Waals surface area contributed by atoms with Gasteiger partial charge in [-0.15, -0.1) is 0 Å². The quantitative estimate of drug-likeness (QED) is 0.322. The molecule has 10 heteroatoms. The van der Waals surface area contributed by atoms with Gasteiger partial charge in [-0.2, -0.15) is 5.10 Å². The lowest BCUT2D eigenvalue weighted by molar-refractivity contribution is -0.115. The first-order chi connectivity index (χ1) is 17.6. The van der Waals surface area contributed by atoms with E-state index >= 15 is 4.39 Å². The molecule has 0 aliphatic carbocycles. The van der Waals surface area contributed by atoms with Gasteiger partial charge in [0.15, 0.2) is 11.6 Å². The lowest BCUT2D eigenvalue weighted by Gasteiger charge is -2.27. The molecule has 1 saturated heterocycles. The molecule has 3 N–H and O–H groups in total. The van der Waals surface area contributed by atoms with Gasteiger partial charge >= 0.3 is 0 Å². The van der Waals surface area contributed by atoms with E-state index in [1.165, 1.54) is 6.42 Å². The number of H-pyrrole nitrogens is 2. The molecule has 9 nitrogen and oxygen atoms in total. The second kappa shape index (κ2) is 9.03. The zero-order valence-electron chi connectivity index (χ0n) is 19.8. The summed E-state index contributed by atoms with van der Waals surface area (Å²) < 4.78 is 16.0. The summed E-state index contributed by atoms with van der Waals surface area (Å²) >= 11 is 0. The molecule has 6 rings (SSSR count). The monoisotopic (exact) mass is 484 g/mol. The largest absolute Gasteiger partial charge is 0.355 e. The summed E-state index contributed by atoms with van der Waals surface area (Å²) in [6.07, 6.45) is 8.71. The minimum Gasteiger partial charge on any atom is -0.355 e. The Bertz CT molecular complexity index is 1580. The van der Waals surface area contributed by atoms with Crippen LogP contribution in [0.3, 0.4) is 0 Å². The fourth-order valence-electron chi connectivity index (χ4n) is 4.74. The zero-order valence-corrected chi connectivity index (χ0v) is 19.8. The number of hydrogen-bond acceptors (Lipinski definition) is 6. The van der Waals surface area contributed by atoms with Crippen LogP contribution in [0.1, 0.15) is 32.6 Å². The molecular weight excluding hydrogens is 459 g/mol. The number of nitrogens with zero attached hydrogens (tertiary/aromatic N) is 5. The Kier molecular flexibility index (Phi) is 5.55. The van der Waals surface area contributed by atoms with Crippen molar-refractivity contribution in [3.8, 4) is 22.6 Å². The van der Waals surface area contributed by atoms with Crippen LogP contribution in [0.4, 0.5) is 15.9 Å². The maximum Gasteiger partial charge on any atom is 0.224 e. The van der Waals surface area contributed by atoms with E-state index in [2.05, 4.69) is 35.4 Å². The van der Waals surface area contributed by atoms with Crippen molar-refractivity contribution in [3.05, 3.63) is 48.7 Å². The highest BCUT2D eigenvalue weighted by Crippen LogP contribution is 2.35. The van der Waals surface area contributed by atoms with Crippen LogP contribution in [0.5, 0.6) is 0 Å². The molecule has 1 aromatic carbocycles. The number of piperidine rings is 1. The van der Waals surface area contributed by atoms with Crippen molar-refractivity contribution < 1.29 is 9.18 Å². The number of anilines is 2. The van der Waals surface area contributed by atoms with Gasteiger partial charge in [-0.05, 0) is 43.5 Å². The number of amides is 1. The second-order valence-corrected chi connectivity index (χ2v) is 8.95. The van der Waals surface area contributed by atoms with E-state index in [1.807, 2.05) is 6.07 Å². The Morgan fingerprint density at radius 1 is 1.14 bits per heavy atom. The number of aromatic amines is 2. The number of aromatic nitrogens is 6. The number of nitrogens with one attached hydrogen (secondary N) is 3. The number of hydrogen-bond donors (Lipinski definition) is 3. The number of benzene rings is 1. The first kappa shape index (κ1) is 22.1. The molecule has 1 aliphatic heterocycles. The summed E-state index contributed by atoms with van der Waals surface area (Å²) in [6.45, 7) is 3.66. The van der Waals surface area contributed by atoms with Gasteiger partial charge in [0.2, 0.25) is 5.91 Å². The molecule has 5 heterocycles. The topological polar surface area (TPSA) is 115 Å². The van der Waals surface area contributed by atoms with E-state index < -0.39 is 5.82 Å². The summed E-state index contributed by atoms with van der Waals surface area (Å²) in [6, 6.07) is 7.05. The van der Waals surface area contributed by atoms with Crippen LogP contribution in [0.2, 0.25) is 0 Å². The molecule has 1 amide bonds. The molecule has 0 saturated carbocycles. The highest BCUT2D eigenvalue weighted by molar-refractivity contribution is 5.98. The lowest BCUT2D eigenvalue weighted by Crippen LogP contribution is -2.30. The maximum absolute atomic E-state index is 16.0. The smallest absolute Gasteiger partial charge is 0.224 e. The van der Waals surface area contributed by atoms with Crippen molar-refractivity contribution in [3.63, 3.8) is 0 Å². The minimum absolute atomic E-state index is 0.134. The van der Waals surface area contributed by atoms with Crippen LogP contribution in [-0.4, -0.2) is 49.1 Å². The van der Waals surface area contributed by atoms with E-state index in [9.17, 15) is 4.79 Å². The third-order valence-corrected chi connectivity index (χ3v) is 6.58. The molecule has 1 fully saturated rings. The average Bonchev–Trinajstić information content (AvgIpc) is 3.54. The van der Waals surface area contributed by atoms with Gasteiger partial charge in [-0.3, -0.25) is 14.9 Å². The van der Waals surface area contributed by atoms with Gasteiger partial charge in [0, 0.05) is 43.0 Å². The molecule has 1 aliphatic rings. The molecule has 0 bridgehead atoms. The van der Waals surface area contributed by atoms with Gasteiger partial charge < -0.3 is 15.2 Å². The number of carbonyl (C=O) groups excluding carboxylic acids is 1. The highest BCUT2D eigenvalue weighted by atomic mass is 19.1. The van der Waals surface area contributed by atoms with Gasteiger partial charge in [-0.1, -0.05) is 6.92 Å². The van der Waals surface area contributed by atoms with Crippen molar-refractivity contribution in [2.24, 2.45) is 0 Å². The van der Waals surface area contributed by atoms with E-state index in [0.29, 0.717) is 45.7 Å². The first-order valence-electron chi connectivity index (χ1n) is 12.1. The second-order valence-electron chi connectivity index (χ2n) is 8.95. The maximum atomic E-state index is 16.0. The number of imidazole rings is 1. The Morgan fingerprint density at radius 2 is 2.00 bits per heavy atom. The third-order valence-electron chi connectivity index (χ3n) is 6.58. The van der Waals surface area contributed by atoms with Crippen molar-refractivity contribution in [1.82, 2.24) is 30.1 Å². The van der Waals surface area contributed by atoms with Crippen LogP contribution < -0.4 is 10.2 Å². The van der Waals surface area contributed by atoms with Crippen molar-refractivity contribution >= 4 is 39.3 Å². The molecule has 0 atom stereocenters. The van der Waals surface area contributed by atoms with Gasteiger partial charge in [-0.25, -0.2) is 14.4 Å². The molecular formula is C26H25FN8O. The van der Waals surface area contributed by atoms with Crippen LogP contribution in [0, 0.1) is 5.82 Å². The summed E-state index contributed by atoms with van der Waals surface area (Å²) in [7, 11) is 0. The molecule has 5 aromatic rings.